The van der Waals surface area contributed by atoms with Crippen molar-refractivity contribution in [3.05, 3.63) is 105 Å². The molecule has 0 saturated carbocycles. The molecule has 0 amide bonds. The molecule has 0 atom stereocenters. The van der Waals surface area contributed by atoms with Crippen LogP contribution in [0, 0.1) is 10.1 Å². The molecule has 0 radical (unpaired) electrons. The molecule has 1 heterocycles. The van der Waals surface area contributed by atoms with Gasteiger partial charge >= 0.3 is 0 Å². The van der Waals surface area contributed by atoms with Gasteiger partial charge in [0.1, 0.15) is 0 Å². The summed E-state index contributed by atoms with van der Waals surface area (Å²) in [7, 11) is 0. The summed E-state index contributed by atoms with van der Waals surface area (Å²) in [5.41, 5.74) is 3.06. The Morgan fingerprint density at radius 3 is 2.40 bits per heavy atom. The third kappa shape index (κ3) is 4.31. The predicted molar refractivity (Wildman–Crippen MR) is 99.2 cm³/mol. The lowest BCUT2D eigenvalue weighted by Crippen LogP contribution is -2.36. The SMILES string of the molecule is O=[N+]([O-])c1ccc(C[n+]2ccccc2/C=C/c2ccccc2Cl)cc1. The minimum Gasteiger partial charge on any atom is -0.258 e. The Morgan fingerprint density at radius 2 is 1.68 bits per heavy atom. The van der Waals surface area contributed by atoms with Crippen molar-refractivity contribution in [3.8, 4) is 0 Å². The van der Waals surface area contributed by atoms with Gasteiger partial charge in [0.15, 0.2) is 12.7 Å². The molecule has 5 heteroatoms. The van der Waals surface area contributed by atoms with Crippen LogP contribution in [0.25, 0.3) is 12.2 Å². The van der Waals surface area contributed by atoms with Crippen molar-refractivity contribution in [1.82, 2.24) is 0 Å². The minimum atomic E-state index is -0.392. The zero-order valence-corrected chi connectivity index (χ0v) is 14.1. The van der Waals surface area contributed by atoms with E-state index in [1.165, 1.54) is 12.1 Å². The van der Waals surface area contributed by atoms with Gasteiger partial charge in [0, 0.05) is 40.9 Å². The molecule has 0 aliphatic carbocycles. The quantitative estimate of drug-likeness (QED) is 0.378. The number of pyridine rings is 1. The molecule has 124 valence electrons. The first-order valence-corrected chi connectivity index (χ1v) is 8.16. The Morgan fingerprint density at radius 1 is 0.960 bits per heavy atom. The zero-order chi connectivity index (χ0) is 17.6. The smallest absolute Gasteiger partial charge is 0.258 e. The van der Waals surface area contributed by atoms with Gasteiger partial charge in [0.05, 0.1) is 4.92 Å². The van der Waals surface area contributed by atoms with E-state index in [9.17, 15) is 10.1 Å². The zero-order valence-electron chi connectivity index (χ0n) is 13.4. The lowest BCUT2D eigenvalue weighted by Gasteiger charge is -2.02. The van der Waals surface area contributed by atoms with Crippen molar-refractivity contribution in [2.24, 2.45) is 0 Å². The number of halogens is 1. The van der Waals surface area contributed by atoms with E-state index in [-0.39, 0.29) is 5.69 Å². The Hall–Kier alpha value is -2.98. The van der Waals surface area contributed by atoms with E-state index in [2.05, 4.69) is 4.57 Å². The summed E-state index contributed by atoms with van der Waals surface area (Å²) in [5, 5.41) is 11.5. The van der Waals surface area contributed by atoms with Crippen LogP contribution in [0.1, 0.15) is 16.8 Å². The highest BCUT2D eigenvalue weighted by atomic mass is 35.5. The van der Waals surface area contributed by atoms with E-state index in [1.807, 2.05) is 60.8 Å². The van der Waals surface area contributed by atoms with Crippen LogP contribution in [-0.2, 0) is 6.54 Å². The van der Waals surface area contributed by atoms with Crippen molar-refractivity contribution in [2.45, 2.75) is 6.54 Å². The largest absolute Gasteiger partial charge is 0.269 e. The van der Waals surface area contributed by atoms with Crippen LogP contribution in [0.3, 0.4) is 0 Å². The van der Waals surface area contributed by atoms with E-state index in [4.69, 9.17) is 11.6 Å². The lowest BCUT2D eigenvalue weighted by atomic mass is 10.1. The van der Waals surface area contributed by atoms with Crippen LogP contribution in [-0.4, -0.2) is 4.92 Å². The average molecular weight is 352 g/mol. The number of nitrogens with zero attached hydrogens (tertiary/aromatic N) is 2. The molecule has 0 aliphatic rings. The molecule has 4 nitrogen and oxygen atoms in total. The first kappa shape index (κ1) is 16.9. The maximum Gasteiger partial charge on any atom is 0.269 e. The van der Waals surface area contributed by atoms with Gasteiger partial charge in [-0.3, -0.25) is 10.1 Å². The van der Waals surface area contributed by atoms with E-state index in [0.29, 0.717) is 11.6 Å². The van der Waals surface area contributed by atoms with E-state index in [1.54, 1.807) is 12.1 Å². The molecule has 2 aromatic carbocycles. The molecule has 25 heavy (non-hydrogen) atoms. The number of rotatable bonds is 5. The van der Waals surface area contributed by atoms with Gasteiger partial charge in [-0.25, -0.2) is 0 Å². The average Bonchev–Trinajstić information content (AvgIpc) is 2.62. The molecule has 1 aromatic heterocycles. The van der Waals surface area contributed by atoms with Crippen molar-refractivity contribution in [2.75, 3.05) is 0 Å². The lowest BCUT2D eigenvalue weighted by molar-refractivity contribution is -0.690. The predicted octanol–water partition coefficient (Wildman–Crippen LogP) is 4.75. The molecule has 0 unspecified atom stereocenters. The number of hydrogen-bond donors (Lipinski definition) is 0. The number of hydrogen-bond acceptors (Lipinski definition) is 2. The van der Waals surface area contributed by atoms with Crippen LogP contribution >= 0.6 is 11.6 Å². The fourth-order valence-corrected chi connectivity index (χ4v) is 2.69. The second-order valence-electron chi connectivity index (χ2n) is 5.53. The minimum absolute atomic E-state index is 0.0978. The second kappa shape index (κ2) is 7.73. The van der Waals surface area contributed by atoms with Gasteiger partial charge in [0.25, 0.3) is 5.69 Å². The first-order valence-electron chi connectivity index (χ1n) is 7.78. The molecule has 0 fully saturated rings. The summed E-state index contributed by atoms with van der Waals surface area (Å²) in [4.78, 5) is 10.4. The Bertz CT molecular complexity index is 921. The van der Waals surface area contributed by atoms with Crippen LogP contribution in [0.15, 0.2) is 72.9 Å². The Labute approximate surface area is 150 Å². The van der Waals surface area contributed by atoms with Crippen LogP contribution in [0.5, 0.6) is 0 Å². The first-order chi connectivity index (χ1) is 12.1. The summed E-state index contributed by atoms with van der Waals surface area (Å²) in [5.74, 6) is 0. The Balaban J connectivity index is 1.83. The van der Waals surface area contributed by atoms with E-state index in [0.717, 1.165) is 16.8 Å². The highest BCUT2D eigenvalue weighted by Crippen LogP contribution is 2.17. The van der Waals surface area contributed by atoms with Crippen LogP contribution in [0.4, 0.5) is 5.69 Å². The van der Waals surface area contributed by atoms with Crippen molar-refractivity contribution in [1.29, 1.82) is 0 Å². The van der Waals surface area contributed by atoms with Crippen molar-refractivity contribution >= 4 is 29.4 Å². The molecular weight excluding hydrogens is 336 g/mol. The molecule has 0 spiro atoms. The van der Waals surface area contributed by atoms with E-state index < -0.39 is 4.92 Å². The third-order valence-corrected chi connectivity index (χ3v) is 4.16. The fourth-order valence-electron chi connectivity index (χ4n) is 2.49. The summed E-state index contributed by atoms with van der Waals surface area (Å²) >= 11 is 6.19. The molecule has 0 saturated heterocycles. The van der Waals surface area contributed by atoms with Crippen molar-refractivity contribution < 1.29 is 9.49 Å². The van der Waals surface area contributed by atoms with Gasteiger partial charge < -0.3 is 0 Å². The molecule has 3 aromatic rings. The van der Waals surface area contributed by atoms with Gasteiger partial charge in [-0.1, -0.05) is 29.8 Å². The number of nitro benzene ring substituents is 1. The maximum atomic E-state index is 10.8. The molecule has 0 bridgehead atoms. The number of benzene rings is 2. The molecule has 0 aliphatic heterocycles. The number of non-ortho nitro benzene ring substituents is 1. The fraction of sp³-hybridized carbons (Fsp3) is 0.0500. The van der Waals surface area contributed by atoms with Gasteiger partial charge in [-0.05, 0) is 35.9 Å². The normalized spacial score (nSPS) is 10.9. The molecular formula is C20H16ClN2O2+. The standard InChI is InChI=1S/C20H16ClN2O2/c21-20-7-2-1-5-17(20)10-13-18-6-3-4-14-22(18)15-16-8-11-19(12-9-16)23(24)25/h1-14H,15H2/q+1/b13-10+. The number of aromatic nitrogens is 1. The van der Waals surface area contributed by atoms with Crippen molar-refractivity contribution in [3.63, 3.8) is 0 Å². The summed E-state index contributed by atoms with van der Waals surface area (Å²) in [6, 6.07) is 20.2. The Kier molecular flexibility index (Phi) is 5.21. The molecule has 3 rings (SSSR count). The number of nitro groups is 1. The highest BCUT2D eigenvalue weighted by Gasteiger charge is 2.10. The van der Waals surface area contributed by atoms with Gasteiger partial charge in [0.2, 0.25) is 5.69 Å². The van der Waals surface area contributed by atoms with Gasteiger partial charge in [-0.2, -0.15) is 4.57 Å². The van der Waals surface area contributed by atoms with Gasteiger partial charge in [-0.15, -0.1) is 0 Å². The third-order valence-electron chi connectivity index (χ3n) is 3.81. The highest BCUT2D eigenvalue weighted by molar-refractivity contribution is 6.32. The van der Waals surface area contributed by atoms with E-state index >= 15 is 0 Å². The monoisotopic (exact) mass is 351 g/mol. The second-order valence-corrected chi connectivity index (χ2v) is 5.94. The topological polar surface area (TPSA) is 47.0 Å². The summed E-state index contributed by atoms with van der Waals surface area (Å²) in [6.07, 6.45) is 5.96. The molecule has 0 N–H and O–H groups in total. The van der Waals surface area contributed by atoms with Crippen LogP contribution < -0.4 is 4.57 Å². The van der Waals surface area contributed by atoms with Crippen LogP contribution in [0.2, 0.25) is 5.02 Å². The maximum absolute atomic E-state index is 10.8. The summed E-state index contributed by atoms with van der Waals surface area (Å²) in [6.45, 7) is 0.626. The summed E-state index contributed by atoms with van der Waals surface area (Å²) < 4.78 is 2.08.